The van der Waals surface area contributed by atoms with Crippen LogP contribution in [0.15, 0.2) is 71.6 Å². The van der Waals surface area contributed by atoms with Gasteiger partial charge in [-0.3, -0.25) is 9.62 Å². The van der Waals surface area contributed by atoms with Gasteiger partial charge >= 0.3 is 6.03 Å². The zero-order valence-electron chi connectivity index (χ0n) is 19.0. The number of nitrogens with zero attached hydrogens (tertiary/aromatic N) is 2. The van der Waals surface area contributed by atoms with E-state index in [1.165, 1.54) is 30.2 Å². The first kappa shape index (κ1) is 23.6. The minimum atomic E-state index is -3.81. The van der Waals surface area contributed by atoms with Crippen LogP contribution in [0, 0.1) is 12.7 Å². The van der Waals surface area contributed by atoms with Gasteiger partial charge in [-0.15, -0.1) is 0 Å². The van der Waals surface area contributed by atoms with Crippen LogP contribution in [0.2, 0.25) is 0 Å². The minimum Gasteiger partial charge on any atom is -0.495 e. The largest absolute Gasteiger partial charge is 0.495 e. The molecule has 34 heavy (non-hydrogen) atoms. The van der Waals surface area contributed by atoms with Crippen molar-refractivity contribution in [1.29, 1.82) is 0 Å². The normalized spacial score (nSPS) is 14.3. The van der Waals surface area contributed by atoms with Crippen LogP contribution in [0.5, 0.6) is 5.75 Å². The van der Waals surface area contributed by atoms with Gasteiger partial charge in [-0.05, 0) is 49.7 Å². The number of carbonyl (C=O) groups is 1. The Morgan fingerprint density at radius 1 is 1.03 bits per heavy atom. The number of ether oxygens (including phenoxy) is 1. The number of carbonyl (C=O) groups excluding carboxylic acids is 1. The van der Waals surface area contributed by atoms with Gasteiger partial charge in [0.1, 0.15) is 11.6 Å². The first-order valence-electron chi connectivity index (χ1n) is 10.9. The smallest absolute Gasteiger partial charge is 0.324 e. The number of urea groups is 1. The summed E-state index contributed by atoms with van der Waals surface area (Å²) >= 11 is 0. The highest BCUT2D eigenvalue weighted by molar-refractivity contribution is 7.92. The molecule has 1 fully saturated rings. The van der Waals surface area contributed by atoms with Crippen LogP contribution in [0.4, 0.5) is 20.6 Å². The lowest BCUT2D eigenvalue weighted by molar-refractivity contribution is 0.191. The molecule has 1 saturated heterocycles. The lowest BCUT2D eigenvalue weighted by atomic mass is 10.1. The van der Waals surface area contributed by atoms with Crippen LogP contribution in [0.3, 0.4) is 0 Å². The van der Waals surface area contributed by atoms with E-state index < -0.39 is 10.0 Å². The van der Waals surface area contributed by atoms with E-state index in [-0.39, 0.29) is 23.3 Å². The molecule has 0 radical (unpaired) electrons. The zero-order chi connectivity index (χ0) is 24.3. The zero-order valence-corrected chi connectivity index (χ0v) is 19.8. The number of rotatable bonds is 7. The summed E-state index contributed by atoms with van der Waals surface area (Å²) in [6.07, 6.45) is 0.669. The summed E-state index contributed by atoms with van der Waals surface area (Å²) in [5.74, 6) is 0.0666. The highest BCUT2D eigenvalue weighted by Gasteiger charge is 2.29. The molecule has 0 aliphatic carbocycles. The van der Waals surface area contributed by atoms with Gasteiger partial charge in [-0.2, -0.15) is 0 Å². The fourth-order valence-electron chi connectivity index (χ4n) is 3.88. The predicted molar refractivity (Wildman–Crippen MR) is 129 cm³/mol. The van der Waals surface area contributed by atoms with Gasteiger partial charge in [0.2, 0.25) is 0 Å². The number of halogens is 1. The Bertz CT molecular complexity index is 1300. The second-order valence-corrected chi connectivity index (χ2v) is 9.79. The maximum atomic E-state index is 14.1. The minimum absolute atomic E-state index is 0.139. The molecular formula is C25H26FN3O4S. The molecule has 3 aromatic rings. The summed E-state index contributed by atoms with van der Waals surface area (Å²) < 4.78 is 47.9. The molecule has 0 bridgehead atoms. The van der Waals surface area contributed by atoms with E-state index >= 15 is 0 Å². The van der Waals surface area contributed by atoms with Crippen molar-refractivity contribution in [3.05, 3.63) is 83.7 Å². The van der Waals surface area contributed by atoms with Gasteiger partial charge < -0.3 is 9.64 Å². The third-order valence-electron chi connectivity index (χ3n) is 5.68. The molecule has 0 spiro atoms. The maximum absolute atomic E-state index is 14.1. The highest BCUT2D eigenvalue weighted by Crippen LogP contribution is 2.34. The summed E-state index contributed by atoms with van der Waals surface area (Å²) in [6, 6.07) is 17.4. The lowest BCUT2D eigenvalue weighted by Gasteiger charge is -2.36. The summed E-state index contributed by atoms with van der Waals surface area (Å²) in [4.78, 5) is 16.5. The van der Waals surface area contributed by atoms with Gasteiger partial charge in [0.25, 0.3) is 10.0 Å². The summed E-state index contributed by atoms with van der Waals surface area (Å²) in [7, 11) is -2.33. The van der Waals surface area contributed by atoms with E-state index in [1.807, 2.05) is 6.92 Å². The van der Waals surface area contributed by atoms with E-state index in [9.17, 15) is 17.6 Å². The number of methoxy groups -OCH3 is 1. The molecule has 1 aliphatic rings. The van der Waals surface area contributed by atoms with Crippen LogP contribution in [-0.4, -0.2) is 39.5 Å². The van der Waals surface area contributed by atoms with E-state index in [0.29, 0.717) is 42.2 Å². The Labute approximate surface area is 198 Å². The number of sulfonamides is 1. The van der Waals surface area contributed by atoms with Crippen LogP contribution >= 0.6 is 0 Å². The Morgan fingerprint density at radius 3 is 2.47 bits per heavy atom. The molecule has 1 aliphatic heterocycles. The van der Waals surface area contributed by atoms with Gasteiger partial charge in [0.15, 0.2) is 0 Å². The van der Waals surface area contributed by atoms with Crippen LogP contribution in [0.25, 0.3) is 0 Å². The Morgan fingerprint density at radius 2 is 1.76 bits per heavy atom. The second-order valence-electron chi connectivity index (χ2n) is 8.11. The van der Waals surface area contributed by atoms with Gasteiger partial charge in [-0.25, -0.2) is 17.6 Å². The van der Waals surface area contributed by atoms with Gasteiger partial charge in [0.05, 0.1) is 29.9 Å². The highest BCUT2D eigenvalue weighted by atomic mass is 32.2. The Kier molecular flexibility index (Phi) is 6.74. The lowest BCUT2D eigenvalue weighted by Crippen LogP contribution is -2.49. The van der Waals surface area contributed by atoms with Gasteiger partial charge in [0, 0.05) is 18.7 Å². The fraction of sp³-hybridized carbons (Fsp3) is 0.240. The first-order chi connectivity index (χ1) is 16.3. The molecule has 1 heterocycles. The van der Waals surface area contributed by atoms with Crippen molar-refractivity contribution in [3.63, 3.8) is 0 Å². The number of amides is 2. The Balaban J connectivity index is 1.60. The molecule has 7 nitrogen and oxygen atoms in total. The molecular weight excluding hydrogens is 457 g/mol. The number of aryl methyl sites for hydroxylation is 1. The Hall–Kier alpha value is -3.59. The number of benzene rings is 3. The summed E-state index contributed by atoms with van der Waals surface area (Å²) in [5.41, 5.74) is 2.13. The van der Waals surface area contributed by atoms with Crippen molar-refractivity contribution in [2.75, 3.05) is 29.8 Å². The average molecular weight is 484 g/mol. The monoisotopic (exact) mass is 483 g/mol. The van der Waals surface area contributed by atoms with Crippen LogP contribution in [-0.2, 0) is 16.6 Å². The summed E-state index contributed by atoms with van der Waals surface area (Å²) in [6.45, 7) is 2.94. The molecule has 3 aromatic carbocycles. The molecule has 0 aromatic heterocycles. The molecule has 0 unspecified atom stereocenters. The third kappa shape index (κ3) is 4.99. The first-order valence-corrected chi connectivity index (χ1v) is 12.3. The van der Waals surface area contributed by atoms with E-state index in [0.717, 1.165) is 5.56 Å². The van der Waals surface area contributed by atoms with Crippen LogP contribution in [0.1, 0.15) is 17.5 Å². The van der Waals surface area contributed by atoms with E-state index in [1.54, 1.807) is 53.4 Å². The SMILES string of the molecule is COc1ccc(NS(=O)(=O)c2ccc(C)cc2)cc1N1CCCN(Cc2ccccc2F)C1=O. The van der Waals surface area contributed by atoms with Crippen molar-refractivity contribution < 1.29 is 22.3 Å². The maximum Gasteiger partial charge on any atom is 0.324 e. The topological polar surface area (TPSA) is 79.0 Å². The standard InChI is InChI=1S/C25H26FN3O4S/c1-18-8-11-21(12-9-18)34(31,32)27-20-10-13-24(33-2)23(16-20)29-15-5-14-28(25(29)30)17-19-6-3-4-7-22(19)26/h3-4,6-13,16,27H,5,14-15,17H2,1-2H3. The fourth-order valence-corrected chi connectivity index (χ4v) is 4.93. The van der Waals surface area contributed by atoms with Gasteiger partial charge in [-0.1, -0.05) is 35.9 Å². The third-order valence-corrected chi connectivity index (χ3v) is 7.08. The van der Waals surface area contributed by atoms with Crippen molar-refractivity contribution >= 4 is 27.4 Å². The molecule has 178 valence electrons. The molecule has 9 heteroatoms. The molecule has 2 amide bonds. The molecule has 4 rings (SSSR count). The number of hydrogen-bond donors (Lipinski definition) is 1. The van der Waals surface area contributed by atoms with E-state index in [2.05, 4.69) is 4.72 Å². The van der Waals surface area contributed by atoms with Crippen molar-refractivity contribution in [3.8, 4) is 5.75 Å². The van der Waals surface area contributed by atoms with Crippen molar-refractivity contribution in [1.82, 2.24) is 4.90 Å². The molecule has 0 saturated carbocycles. The molecule has 1 N–H and O–H groups in total. The number of anilines is 2. The molecule has 0 atom stereocenters. The van der Waals surface area contributed by atoms with E-state index in [4.69, 9.17) is 4.74 Å². The average Bonchev–Trinajstić information content (AvgIpc) is 2.82. The number of hydrogen-bond acceptors (Lipinski definition) is 4. The predicted octanol–water partition coefficient (Wildman–Crippen LogP) is 4.78. The quantitative estimate of drug-likeness (QED) is 0.525. The van der Waals surface area contributed by atoms with Crippen molar-refractivity contribution in [2.45, 2.75) is 24.8 Å². The number of nitrogens with one attached hydrogen (secondary N) is 1. The van der Waals surface area contributed by atoms with Crippen LogP contribution < -0.4 is 14.4 Å². The second kappa shape index (κ2) is 9.72. The summed E-state index contributed by atoms with van der Waals surface area (Å²) in [5, 5.41) is 0. The van der Waals surface area contributed by atoms with Crippen molar-refractivity contribution in [2.24, 2.45) is 0 Å².